The number of anilines is 2. The SMILES string of the molecule is Nc1ncccc1NCCCNCCc1cccc(C2(C(=O)O)CC2)c1. The first-order valence-electron chi connectivity index (χ1n) is 9.10. The van der Waals surface area contributed by atoms with Crippen molar-refractivity contribution in [1.29, 1.82) is 0 Å². The fourth-order valence-corrected chi connectivity index (χ4v) is 3.14. The Labute approximate surface area is 153 Å². The molecule has 0 bridgehead atoms. The third-order valence-electron chi connectivity index (χ3n) is 4.91. The van der Waals surface area contributed by atoms with Crippen molar-refractivity contribution in [2.75, 3.05) is 30.7 Å². The normalized spacial score (nSPS) is 14.8. The molecule has 26 heavy (non-hydrogen) atoms. The van der Waals surface area contributed by atoms with Crippen LogP contribution in [0.15, 0.2) is 42.6 Å². The number of aromatic nitrogens is 1. The van der Waals surface area contributed by atoms with Gasteiger partial charge in [-0.1, -0.05) is 24.3 Å². The number of nitrogens with two attached hydrogens (primary N) is 1. The van der Waals surface area contributed by atoms with Gasteiger partial charge in [-0.15, -0.1) is 0 Å². The number of nitrogens with one attached hydrogen (secondary N) is 2. The number of hydrogen-bond acceptors (Lipinski definition) is 5. The number of nitrogens with zero attached hydrogens (tertiary/aromatic N) is 1. The predicted octanol–water partition coefficient (Wildman–Crippen LogP) is 2.41. The summed E-state index contributed by atoms with van der Waals surface area (Å²) in [5.41, 5.74) is 8.17. The van der Waals surface area contributed by atoms with Crippen LogP contribution in [0.5, 0.6) is 0 Å². The molecule has 6 nitrogen and oxygen atoms in total. The smallest absolute Gasteiger partial charge is 0.314 e. The summed E-state index contributed by atoms with van der Waals surface area (Å²) in [5.74, 6) is -0.176. The molecule has 1 saturated carbocycles. The fraction of sp³-hybridized carbons (Fsp3) is 0.400. The number of carboxylic acid groups (broad SMARTS) is 1. The summed E-state index contributed by atoms with van der Waals surface area (Å²) in [7, 11) is 0. The summed E-state index contributed by atoms with van der Waals surface area (Å²) in [6.07, 6.45) is 5.05. The van der Waals surface area contributed by atoms with Crippen molar-refractivity contribution in [2.45, 2.75) is 31.1 Å². The van der Waals surface area contributed by atoms with E-state index in [0.717, 1.165) is 56.6 Å². The molecule has 1 aliphatic rings. The summed E-state index contributed by atoms with van der Waals surface area (Å²) in [6, 6.07) is 11.8. The van der Waals surface area contributed by atoms with Crippen LogP contribution in [-0.4, -0.2) is 35.7 Å². The van der Waals surface area contributed by atoms with Crippen LogP contribution in [0, 0.1) is 0 Å². The van der Waals surface area contributed by atoms with E-state index in [1.54, 1.807) is 6.20 Å². The van der Waals surface area contributed by atoms with Gasteiger partial charge in [-0.05, 0) is 62.0 Å². The van der Waals surface area contributed by atoms with E-state index >= 15 is 0 Å². The molecular formula is C20H26N4O2. The Hall–Kier alpha value is -2.60. The molecule has 1 aromatic carbocycles. The van der Waals surface area contributed by atoms with Crippen molar-refractivity contribution < 1.29 is 9.90 Å². The minimum absolute atomic E-state index is 0.523. The molecule has 0 aliphatic heterocycles. The topological polar surface area (TPSA) is 100 Å². The van der Waals surface area contributed by atoms with Gasteiger partial charge < -0.3 is 21.5 Å². The van der Waals surface area contributed by atoms with E-state index in [4.69, 9.17) is 5.73 Å². The van der Waals surface area contributed by atoms with Crippen LogP contribution in [0.2, 0.25) is 0 Å². The molecule has 2 aromatic rings. The van der Waals surface area contributed by atoms with E-state index in [9.17, 15) is 9.90 Å². The van der Waals surface area contributed by atoms with Gasteiger partial charge in [-0.3, -0.25) is 4.79 Å². The van der Waals surface area contributed by atoms with E-state index < -0.39 is 11.4 Å². The third kappa shape index (κ3) is 4.32. The van der Waals surface area contributed by atoms with Gasteiger partial charge in [0.05, 0.1) is 11.1 Å². The largest absolute Gasteiger partial charge is 0.481 e. The number of rotatable bonds is 10. The lowest BCUT2D eigenvalue weighted by Crippen LogP contribution is -2.22. The van der Waals surface area contributed by atoms with Crippen molar-refractivity contribution in [2.24, 2.45) is 0 Å². The minimum atomic E-state index is -0.700. The molecule has 138 valence electrons. The number of hydrogen-bond donors (Lipinski definition) is 4. The highest BCUT2D eigenvalue weighted by molar-refractivity contribution is 5.84. The van der Waals surface area contributed by atoms with Crippen LogP contribution < -0.4 is 16.4 Å². The zero-order chi connectivity index (χ0) is 18.4. The minimum Gasteiger partial charge on any atom is -0.481 e. The van der Waals surface area contributed by atoms with Gasteiger partial charge >= 0.3 is 5.97 Å². The monoisotopic (exact) mass is 354 g/mol. The third-order valence-corrected chi connectivity index (χ3v) is 4.91. The molecule has 0 spiro atoms. The van der Waals surface area contributed by atoms with Crippen LogP contribution in [-0.2, 0) is 16.6 Å². The molecule has 0 unspecified atom stereocenters. The predicted molar refractivity (Wildman–Crippen MR) is 103 cm³/mol. The summed E-state index contributed by atoms with van der Waals surface area (Å²) in [6.45, 7) is 2.62. The van der Waals surface area contributed by atoms with Crippen molar-refractivity contribution >= 4 is 17.5 Å². The molecule has 1 aromatic heterocycles. The maximum absolute atomic E-state index is 11.4. The molecular weight excluding hydrogens is 328 g/mol. The lowest BCUT2D eigenvalue weighted by Gasteiger charge is -2.12. The second-order valence-electron chi connectivity index (χ2n) is 6.80. The Bertz CT molecular complexity index is 759. The van der Waals surface area contributed by atoms with E-state index in [0.29, 0.717) is 5.82 Å². The van der Waals surface area contributed by atoms with Crippen molar-refractivity contribution in [1.82, 2.24) is 10.3 Å². The molecule has 5 N–H and O–H groups in total. The summed E-state index contributed by atoms with van der Waals surface area (Å²) in [4.78, 5) is 15.5. The van der Waals surface area contributed by atoms with Crippen LogP contribution >= 0.6 is 0 Å². The number of aliphatic carboxylic acids is 1. The Morgan fingerprint density at radius 2 is 2.04 bits per heavy atom. The van der Waals surface area contributed by atoms with Crippen LogP contribution in [0.25, 0.3) is 0 Å². The molecule has 1 aliphatic carbocycles. The Kier molecular flexibility index (Phi) is 5.73. The van der Waals surface area contributed by atoms with Gasteiger partial charge in [0, 0.05) is 12.7 Å². The van der Waals surface area contributed by atoms with Gasteiger partial charge in [-0.2, -0.15) is 0 Å². The average molecular weight is 354 g/mol. The quantitative estimate of drug-likeness (QED) is 0.489. The number of pyridine rings is 1. The average Bonchev–Trinajstić information content (AvgIpc) is 3.45. The first-order valence-corrected chi connectivity index (χ1v) is 9.10. The first kappa shape index (κ1) is 18.2. The molecule has 0 saturated heterocycles. The number of benzene rings is 1. The highest BCUT2D eigenvalue weighted by Crippen LogP contribution is 2.48. The maximum Gasteiger partial charge on any atom is 0.314 e. The lowest BCUT2D eigenvalue weighted by molar-refractivity contribution is -0.140. The van der Waals surface area contributed by atoms with E-state index in [2.05, 4.69) is 27.8 Å². The van der Waals surface area contributed by atoms with E-state index in [1.165, 1.54) is 5.56 Å². The lowest BCUT2D eigenvalue weighted by atomic mass is 9.94. The molecule has 6 heteroatoms. The van der Waals surface area contributed by atoms with Crippen LogP contribution in [0.4, 0.5) is 11.5 Å². The fourth-order valence-electron chi connectivity index (χ4n) is 3.14. The highest BCUT2D eigenvalue weighted by atomic mass is 16.4. The standard InChI is InChI=1S/C20H26N4O2/c21-18-17(6-2-11-24-18)23-12-3-10-22-13-7-15-4-1-5-16(14-15)20(8-9-20)19(25)26/h1-2,4-6,11,14,22-23H,3,7-10,12-13H2,(H2,21,24)(H,25,26). The zero-order valence-electron chi connectivity index (χ0n) is 14.9. The zero-order valence-corrected chi connectivity index (χ0v) is 14.9. The molecule has 1 heterocycles. The first-order chi connectivity index (χ1) is 12.6. The van der Waals surface area contributed by atoms with Gasteiger partial charge in [0.15, 0.2) is 0 Å². The Morgan fingerprint density at radius 3 is 2.77 bits per heavy atom. The molecule has 0 amide bonds. The summed E-state index contributed by atoms with van der Waals surface area (Å²) >= 11 is 0. The summed E-state index contributed by atoms with van der Waals surface area (Å²) in [5, 5.41) is 16.1. The molecule has 0 radical (unpaired) electrons. The molecule has 1 fully saturated rings. The number of carboxylic acids is 1. The van der Waals surface area contributed by atoms with Gasteiger partial charge in [0.25, 0.3) is 0 Å². The van der Waals surface area contributed by atoms with Crippen molar-refractivity contribution in [3.05, 3.63) is 53.7 Å². The second kappa shape index (κ2) is 8.19. The van der Waals surface area contributed by atoms with Crippen molar-refractivity contribution in [3.63, 3.8) is 0 Å². The summed E-state index contributed by atoms with van der Waals surface area (Å²) < 4.78 is 0. The highest BCUT2D eigenvalue weighted by Gasteiger charge is 2.51. The van der Waals surface area contributed by atoms with Gasteiger partial charge in [0.1, 0.15) is 5.82 Å². The number of carbonyl (C=O) groups is 1. The Balaban J connectivity index is 1.35. The number of nitrogen functional groups attached to an aromatic ring is 1. The van der Waals surface area contributed by atoms with Crippen LogP contribution in [0.3, 0.4) is 0 Å². The molecule has 0 atom stereocenters. The van der Waals surface area contributed by atoms with E-state index in [-0.39, 0.29) is 0 Å². The van der Waals surface area contributed by atoms with Crippen LogP contribution in [0.1, 0.15) is 30.4 Å². The van der Waals surface area contributed by atoms with Gasteiger partial charge in [0.2, 0.25) is 0 Å². The second-order valence-corrected chi connectivity index (χ2v) is 6.80. The van der Waals surface area contributed by atoms with Gasteiger partial charge in [-0.25, -0.2) is 4.98 Å². The maximum atomic E-state index is 11.4. The van der Waals surface area contributed by atoms with E-state index in [1.807, 2.05) is 24.3 Å². The Morgan fingerprint density at radius 1 is 1.19 bits per heavy atom. The van der Waals surface area contributed by atoms with Crippen molar-refractivity contribution in [3.8, 4) is 0 Å². The molecule has 3 rings (SSSR count).